The molecule has 2 rings (SSSR count). The molecule has 0 atom stereocenters. The number of carboxylic acid groups (broad SMARTS) is 1. The van der Waals surface area contributed by atoms with Crippen LogP contribution < -0.4 is 5.32 Å². The smallest absolute Gasteiger partial charge is 0.335 e. The van der Waals surface area contributed by atoms with Gasteiger partial charge >= 0.3 is 5.97 Å². The summed E-state index contributed by atoms with van der Waals surface area (Å²) in [4.78, 5) is 29.3. The molecule has 0 saturated carbocycles. The van der Waals surface area contributed by atoms with Crippen molar-refractivity contribution in [1.29, 1.82) is 0 Å². The Morgan fingerprint density at radius 3 is 2.57 bits per heavy atom. The van der Waals surface area contributed by atoms with Crippen molar-refractivity contribution >= 4 is 17.7 Å². The number of pyridine rings is 1. The Kier molecular flexibility index (Phi) is 4.77. The topological polar surface area (TPSA) is 82.5 Å². The molecular formula is C15H21N3O3. The number of likely N-dealkylation sites (tertiary alicyclic amines) is 1. The molecule has 0 radical (unpaired) electrons. The molecule has 1 aliphatic heterocycles. The van der Waals surface area contributed by atoms with Crippen molar-refractivity contribution in [2.75, 3.05) is 25.0 Å². The lowest BCUT2D eigenvalue weighted by atomic mass is 10.1. The highest BCUT2D eigenvalue weighted by Gasteiger charge is 2.18. The van der Waals surface area contributed by atoms with Crippen molar-refractivity contribution in [2.45, 2.75) is 32.6 Å². The second-order valence-electron chi connectivity index (χ2n) is 5.57. The van der Waals surface area contributed by atoms with Crippen LogP contribution in [0.1, 0.15) is 48.7 Å². The molecule has 0 aromatic carbocycles. The molecule has 0 bridgehead atoms. The number of hydrogen-bond donors (Lipinski definition) is 2. The van der Waals surface area contributed by atoms with Gasteiger partial charge in [-0.2, -0.15) is 0 Å². The first-order valence-electron chi connectivity index (χ1n) is 7.24. The number of hydrogen-bond acceptors (Lipinski definition) is 4. The molecule has 6 nitrogen and oxygen atoms in total. The van der Waals surface area contributed by atoms with E-state index < -0.39 is 5.97 Å². The summed E-state index contributed by atoms with van der Waals surface area (Å²) in [5, 5.41) is 12.1. The Labute approximate surface area is 124 Å². The maximum absolute atomic E-state index is 12.0. The normalized spacial score (nSPS) is 14.5. The summed E-state index contributed by atoms with van der Waals surface area (Å²) in [6.45, 7) is 5.66. The Morgan fingerprint density at radius 1 is 1.33 bits per heavy atom. The van der Waals surface area contributed by atoms with Crippen molar-refractivity contribution in [1.82, 2.24) is 9.88 Å². The van der Waals surface area contributed by atoms with Crippen LogP contribution in [0.25, 0.3) is 0 Å². The maximum Gasteiger partial charge on any atom is 0.335 e. The number of aromatic nitrogens is 1. The summed E-state index contributed by atoms with van der Waals surface area (Å²) in [5.41, 5.74) is 0.885. The summed E-state index contributed by atoms with van der Waals surface area (Å²) < 4.78 is 0. The molecular weight excluding hydrogens is 270 g/mol. The van der Waals surface area contributed by atoms with Crippen LogP contribution in [0.5, 0.6) is 0 Å². The van der Waals surface area contributed by atoms with E-state index in [2.05, 4.69) is 10.3 Å². The minimum absolute atomic E-state index is 0.0288. The van der Waals surface area contributed by atoms with Gasteiger partial charge in [-0.05, 0) is 30.9 Å². The van der Waals surface area contributed by atoms with E-state index in [0.717, 1.165) is 25.9 Å². The van der Waals surface area contributed by atoms with Crippen molar-refractivity contribution in [3.8, 4) is 0 Å². The van der Waals surface area contributed by atoms with Crippen LogP contribution in [0.3, 0.4) is 0 Å². The molecule has 0 spiro atoms. The van der Waals surface area contributed by atoms with Gasteiger partial charge in [0.25, 0.3) is 0 Å². The van der Waals surface area contributed by atoms with Crippen molar-refractivity contribution < 1.29 is 14.7 Å². The first-order chi connectivity index (χ1) is 9.97. The number of carbonyl (C=O) groups is 2. The molecule has 1 aromatic rings. The van der Waals surface area contributed by atoms with E-state index in [0.29, 0.717) is 11.5 Å². The van der Waals surface area contributed by atoms with Crippen LogP contribution in [-0.4, -0.2) is 46.5 Å². The van der Waals surface area contributed by atoms with Crippen LogP contribution >= 0.6 is 0 Å². The maximum atomic E-state index is 12.0. The zero-order chi connectivity index (χ0) is 15.4. The number of aromatic carboxylic acids is 1. The van der Waals surface area contributed by atoms with Gasteiger partial charge < -0.3 is 15.3 Å². The average molecular weight is 291 g/mol. The van der Waals surface area contributed by atoms with Gasteiger partial charge in [0.15, 0.2) is 0 Å². The second kappa shape index (κ2) is 6.56. The molecule has 0 aliphatic carbocycles. The average Bonchev–Trinajstić information content (AvgIpc) is 2.98. The van der Waals surface area contributed by atoms with Crippen LogP contribution in [0.4, 0.5) is 5.82 Å². The van der Waals surface area contributed by atoms with E-state index >= 15 is 0 Å². The van der Waals surface area contributed by atoms with E-state index in [-0.39, 0.29) is 23.9 Å². The summed E-state index contributed by atoms with van der Waals surface area (Å²) >= 11 is 0. The molecule has 6 heteroatoms. The van der Waals surface area contributed by atoms with Crippen LogP contribution in [-0.2, 0) is 4.79 Å². The lowest BCUT2D eigenvalue weighted by Crippen LogP contribution is -2.33. The van der Waals surface area contributed by atoms with E-state index in [1.165, 1.54) is 6.07 Å². The van der Waals surface area contributed by atoms with E-state index in [1.807, 2.05) is 18.7 Å². The van der Waals surface area contributed by atoms with Gasteiger partial charge in [0.2, 0.25) is 5.91 Å². The van der Waals surface area contributed by atoms with Crippen LogP contribution in [0.2, 0.25) is 0 Å². The van der Waals surface area contributed by atoms with Gasteiger partial charge in [0.1, 0.15) is 5.82 Å². The van der Waals surface area contributed by atoms with Crippen molar-refractivity contribution in [3.05, 3.63) is 23.4 Å². The number of amides is 1. The Balaban J connectivity index is 2.07. The minimum atomic E-state index is -0.992. The van der Waals surface area contributed by atoms with E-state index in [1.54, 1.807) is 6.07 Å². The molecule has 1 aliphatic rings. The summed E-state index contributed by atoms with van der Waals surface area (Å²) in [7, 11) is 0. The largest absolute Gasteiger partial charge is 0.478 e. The second-order valence-corrected chi connectivity index (χ2v) is 5.57. The van der Waals surface area contributed by atoms with Gasteiger partial charge in [-0.25, -0.2) is 9.78 Å². The third-order valence-electron chi connectivity index (χ3n) is 3.56. The molecule has 2 N–H and O–H groups in total. The van der Waals surface area contributed by atoms with Gasteiger partial charge in [-0.15, -0.1) is 0 Å². The van der Waals surface area contributed by atoms with Gasteiger partial charge in [0, 0.05) is 18.8 Å². The number of nitrogens with one attached hydrogen (secondary N) is 1. The molecule has 0 unspecified atom stereocenters. The fourth-order valence-corrected chi connectivity index (χ4v) is 2.31. The van der Waals surface area contributed by atoms with Crippen molar-refractivity contribution in [3.63, 3.8) is 0 Å². The highest BCUT2D eigenvalue weighted by atomic mass is 16.4. The predicted octanol–water partition coefficient (Wildman–Crippen LogP) is 1.94. The molecule has 1 amide bonds. The highest BCUT2D eigenvalue weighted by Crippen LogP contribution is 2.18. The summed E-state index contributed by atoms with van der Waals surface area (Å²) in [5.74, 6) is -0.403. The minimum Gasteiger partial charge on any atom is -0.478 e. The monoisotopic (exact) mass is 291 g/mol. The lowest BCUT2D eigenvalue weighted by Gasteiger charge is -2.16. The van der Waals surface area contributed by atoms with Crippen LogP contribution in [0.15, 0.2) is 12.1 Å². The zero-order valence-corrected chi connectivity index (χ0v) is 12.4. The molecule has 114 valence electrons. The fraction of sp³-hybridized carbons (Fsp3) is 0.533. The molecule has 1 aromatic heterocycles. The van der Waals surface area contributed by atoms with Crippen molar-refractivity contribution in [2.24, 2.45) is 0 Å². The lowest BCUT2D eigenvalue weighted by molar-refractivity contribution is -0.128. The molecule has 1 fully saturated rings. The molecule has 21 heavy (non-hydrogen) atoms. The Bertz CT molecular complexity index is 537. The number of nitrogens with zero attached hydrogens (tertiary/aromatic N) is 2. The van der Waals surface area contributed by atoms with Gasteiger partial charge in [0.05, 0.1) is 12.1 Å². The first-order valence-corrected chi connectivity index (χ1v) is 7.24. The number of carbonyl (C=O) groups excluding carboxylic acids is 1. The van der Waals surface area contributed by atoms with Gasteiger partial charge in [-0.1, -0.05) is 13.8 Å². The molecule has 2 heterocycles. The Morgan fingerprint density at radius 2 is 2.00 bits per heavy atom. The first kappa shape index (κ1) is 15.3. The summed E-state index contributed by atoms with van der Waals surface area (Å²) in [6.07, 6.45) is 2.10. The summed E-state index contributed by atoms with van der Waals surface area (Å²) in [6, 6.07) is 3.03. The number of rotatable bonds is 5. The fourth-order valence-electron chi connectivity index (χ4n) is 2.31. The van der Waals surface area contributed by atoms with E-state index in [4.69, 9.17) is 5.11 Å². The zero-order valence-electron chi connectivity index (χ0n) is 12.4. The third kappa shape index (κ3) is 3.93. The Hall–Kier alpha value is -2.11. The van der Waals surface area contributed by atoms with E-state index in [9.17, 15) is 9.59 Å². The highest BCUT2D eigenvalue weighted by molar-refractivity contribution is 5.89. The molecule has 1 saturated heterocycles. The van der Waals surface area contributed by atoms with Gasteiger partial charge in [-0.3, -0.25) is 4.79 Å². The SMILES string of the molecule is CC(C)c1cc(C(=O)O)cc(NCC(=O)N2CCCC2)n1. The predicted molar refractivity (Wildman–Crippen MR) is 79.6 cm³/mol. The van der Waals surface area contributed by atoms with Crippen LogP contribution in [0, 0.1) is 0 Å². The third-order valence-corrected chi connectivity index (χ3v) is 3.56. The number of anilines is 1. The number of carboxylic acids is 1. The quantitative estimate of drug-likeness (QED) is 0.866. The standard InChI is InChI=1S/C15H21N3O3/c1-10(2)12-7-11(15(20)21)8-13(17-12)16-9-14(19)18-5-3-4-6-18/h7-8,10H,3-6,9H2,1-2H3,(H,16,17)(H,20,21).